The van der Waals surface area contributed by atoms with Gasteiger partial charge in [0.25, 0.3) is 0 Å². The van der Waals surface area contributed by atoms with Crippen molar-refractivity contribution in [3.05, 3.63) is 47.9 Å². The van der Waals surface area contributed by atoms with Crippen LogP contribution in [0, 0.1) is 5.82 Å². The van der Waals surface area contributed by atoms with Crippen LogP contribution in [0.1, 0.15) is 96.5 Å². The average molecular weight is 414 g/mol. The monoisotopic (exact) mass is 413 g/mol. The van der Waals surface area contributed by atoms with E-state index in [0.717, 1.165) is 12.8 Å². The van der Waals surface area contributed by atoms with Crippen molar-refractivity contribution in [1.82, 2.24) is 4.98 Å². The first kappa shape index (κ1) is 24.4. The quantitative estimate of drug-likeness (QED) is 0.257. The van der Waals surface area contributed by atoms with Crippen LogP contribution in [0.25, 0.3) is 11.3 Å². The smallest absolute Gasteiger partial charge is 0.136 e. The van der Waals surface area contributed by atoms with Crippen molar-refractivity contribution < 1.29 is 9.13 Å². The molecule has 0 bridgehead atoms. The molecule has 1 heterocycles. The predicted octanol–water partition coefficient (Wildman–Crippen LogP) is 8.53. The Bertz CT molecular complexity index is 699. The van der Waals surface area contributed by atoms with Gasteiger partial charge in [0.05, 0.1) is 12.3 Å². The van der Waals surface area contributed by atoms with Crippen molar-refractivity contribution in [2.24, 2.45) is 0 Å². The summed E-state index contributed by atoms with van der Waals surface area (Å²) in [6, 6.07) is 9.12. The molecular weight excluding hydrogens is 373 g/mol. The standard InChI is InChI=1S/C27H40FNO/c1-3-5-7-9-10-11-13-15-23-16-19-27(29-22-23)25-18-17-24(21-26(25)28)30-20-14-12-8-6-4-2/h16-19,21-22H,3-15,20H2,1-2H3. The second-order valence-electron chi connectivity index (χ2n) is 8.33. The maximum Gasteiger partial charge on any atom is 0.136 e. The first-order valence-electron chi connectivity index (χ1n) is 12.1. The molecule has 30 heavy (non-hydrogen) atoms. The van der Waals surface area contributed by atoms with E-state index in [9.17, 15) is 4.39 Å². The zero-order valence-electron chi connectivity index (χ0n) is 19.1. The number of rotatable bonds is 16. The van der Waals surface area contributed by atoms with Crippen LogP contribution in [0.3, 0.4) is 0 Å². The third kappa shape index (κ3) is 9.28. The Morgan fingerprint density at radius 3 is 2.07 bits per heavy atom. The molecule has 0 amide bonds. The van der Waals surface area contributed by atoms with Crippen molar-refractivity contribution in [3.8, 4) is 17.0 Å². The lowest BCUT2D eigenvalue weighted by molar-refractivity contribution is 0.303. The molecule has 1 aromatic carbocycles. The van der Waals surface area contributed by atoms with Crippen LogP contribution in [0.15, 0.2) is 36.5 Å². The normalized spacial score (nSPS) is 11.0. The van der Waals surface area contributed by atoms with E-state index in [1.165, 1.54) is 82.3 Å². The number of nitrogens with zero attached hydrogens (tertiary/aromatic N) is 1. The van der Waals surface area contributed by atoms with E-state index in [2.05, 4.69) is 24.9 Å². The highest BCUT2D eigenvalue weighted by atomic mass is 19.1. The third-order valence-corrected chi connectivity index (χ3v) is 5.63. The summed E-state index contributed by atoms with van der Waals surface area (Å²) in [4.78, 5) is 4.50. The van der Waals surface area contributed by atoms with Crippen LogP contribution in [0.2, 0.25) is 0 Å². The van der Waals surface area contributed by atoms with E-state index < -0.39 is 0 Å². The Hall–Kier alpha value is -1.90. The van der Waals surface area contributed by atoms with Gasteiger partial charge in [0.1, 0.15) is 11.6 Å². The fourth-order valence-electron chi connectivity index (χ4n) is 3.71. The van der Waals surface area contributed by atoms with Gasteiger partial charge in [-0.05, 0) is 43.0 Å². The lowest BCUT2D eigenvalue weighted by Crippen LogP contribution is -1.98. The minimum absolute atomic E-state index is 0.272. The molecule has 0 aliphatic rings. The molecule has 0 N–H and O–H groups in total. The number of aromatic nitrogens is 1. The summed E-state index contributed by atoms with van der Waals surface area (Å²) in [5.74, 6) is 0.327. The molecule has 0 atom stereocenters. The molecule has 2 aromatic rings. The summed E-state index contributed by atoms with van der Waals surface area (Å²) in [7, 11) is 0. The topological polar surface area (TPSA) is 22.1 Å². The average Bonchev–Trinajstić information content (AvgIpc) is 2.76. The van der Waals surface area contributed by atoms with Gasteiger partial charge in [-0.2, -0.15) is 0 Å². The predicted molar refractivity (Wildman–Crippen MR) is 126 cm³/mol. The molecule has 166 valence electrons. The Morgan fingerprint density at radius 1 is 0.767 bits per heavy atom. The van der Waals surface area contributed by atoms with Crippen LogP contribution < -0.4 is 4.74 Å². The second kappa shape index (κ2) is 15.0. The molecule has 3 heteroatoms. The Morgan fingerprint density at radius 2 is 1.43 bits per heavy atom. The lowest BCUT2D eigenvalue weighted by atomic mass is 10.0. The summed E-state index contributed by atoms with van der Waals surface area (Å²) < 4.78 is 20.3. The summed E-state index contributed by atoms with van der Waals surface area (Å²) in [6.45, 7) is 5.11. The first-order valence-corrected chi connectivity index (χ1v) is 12.1. The maximum absolute atomic E-state index is 14.6. The van der Waals surface area contributed by atoms with Gasteiger partial charge in [-0.15, -0.1) is 0 Å². The van der Waals surface area contributed by atoms with Gasteiger partial charge in [-0.1, -0.05) is 84.1 Å². The highest BCUT2D eigenvalue weighted by molar-refractivity contribution is 5.61. The minimum atomic E-state index is -0.272. The number of halogens is 1. The van der Waals surface area contributed by atoms with E-state index >= 15 is 0 Å². The fourth-order valence-corrected chi connectivity index (χ4v) is 3.71. The van der Waals surface area contributed by atoms with Gasteiger partial charge >= 0.3 is 0 Å². The van der Waals surface area contributed by atoms with Crippen molar-refractivity contribution in [3.63, 3.8) is 0 Å². The number of hydrogen-bond acceptors (Lipinski definition) is 2. The number of ether oxygens (including phenoxy) is 1. The Labute approximate surface area is 183 Å². The van der Waals surface area contributed by atoms with Gasteiger partial charge < -0.3 is 4.74 Å². The second-order valence-corrected chi connectivity index (χ2v) is 8.33. The van der Waals surface area contributed by atoms with E-state index in [0.29, 0.717) is 23.6 Å². The third-order valence-electron chi connectivity index (χ3n) is 5.63. The van der Waals surface area contributed by atoms with Gasteiger partial charge in [0.2, 0.25) is 0 Å². The number of unbranched alkanes of at least 4 members (excludes halogenated alkanes) is 10. The summed E-state index contributed by atoms with van der Waals surface area (Å²) in [5, 5.41) is 0. The highest BCUT2D eigenvalue weighted by Gasteiger charge is 2.08. The number of benzene rings is 1. The maximum atomic E-state index is 14.6. The van der Waals surface area contributed by atoms with Gasteiger partial charge in [-0.25, -0.2) is 4.39 Å². The summed E-state index contributed by atoms with van der Waals surface area (Å²) in [5.41, 5.74) is 2.45. The van der Waals surface area contributed by atoms with E-state index in [1.807, 2.05) is 18.3 Å². The van der Waals surface area contributed by atoms with E-state index in [4.69, 9.17) is 4.74 Å². The Kier molecular flexibility index (Phi) is 12.2. The molecule has 0 aliphatic heterocycles. The molecule has 0 fully saturated rings. The summed E-state index contributed by atoms with van der Waals surface area (Å²) >= 11 is 0. The molecule has 1 aromatic heterocycles. The van der Waals surface area contributed by atoms with Crippen LogP contribution >= 0.6 is 0 Å². The zero-order valence-corrected chi connectivity index (χ0v) is 19.1. The molecule has 0 saturated carbocycles. The van der Waals surface area contributed by atoms with E-state index in [-0.39, 0.29) is 5.82 Å². The van der Waals surface area contributed by atoms with E-state index in [1.54, 1.807) is 6.07 Å². The minimum Gasteiger partial charge on any atom is -0.493 e. The van der Waals surface area contributed by atoms with Crippen molar-refractivity contribution in [2.45, 2.75) is 97.3 Å². The molecular formula is C27H40FNO. The lowest BCUT2D eigenvalue weighted by Gasteiger charge is -2.09. The zero-order chi connectivity index (χ0) is 21.4. The number of pyridine rings is 1. The van der Waals surface area contributed by atoms with Gasteiger partial charge in [-0.3, -0.25) is 4.98 Å². The van der Waals surface area contributed by atoms with Crippen molar-refractivity contribution in [1.29, 1.82) is 0 Å². The fraction of sp³-hybridized carbons (Fsp3) is 0.593. The molecule has 0 aliphatic carbocycles. The van der Waals surface area contributed by atoms with Crippen LogP contribution in [-0.4, -0.2) is 11.6 Å². The van der Waals surface area contributed by atoms with Crippen LogP contribution in [-0.2, 0) is 6.42 Å². The molecule has 2 rings (SSSR count). The first-order chi connectivity index (χ1) is 14.7. The number of hydrogen-bond donors (Lipinski definition) is 0. The largest absolute Gasteiger partial charge is 0.493 e. The molecule has 2 nitrogen and oxygen atoms in total. The molecule has 0 unspecified atom stereocenters. The van der Waals surface area contributed by atoms with Crippen LogP contribution in [0.5, 0.6) is 5.75 Å². The van der Waals surface area contributed by atoms with Gasteiger partial charge in [0, 0.05) is 17.8 Å². The SMILES string of the molecule is CCCCCCCCCc1ccc(-c2ccc(OCCCCCCC)cc2F)nc1. The van der Waals surface area contributed by atoms with Crippen molar-refractivity contribution in [2.75, 3.05) is 6.61 Å². The molecule has 0 saturated heterocycles. The molecule has 0 spiro atoms. The number of aryl methyl sites for hydroxylation is 1. The highest BCUT2D eigenvalue weighted by Crippen LogP contribution is 2.25. The van der Waals surface area contributed by atoms with Crippen LogP contribution in [0.4, 0.5) is 4.39 Å². The Balaban J connectivity index is 1.76. The summed E-state index contributed by atoms with van der Waals surface area (Å²) in [6.07, 6.45) is 18.1. The van der Waals surface area contributed by atoms with Crippen molar-refractivity contribution >= 4 is 0 Å². The molecule has 0 radical (unpaired) electrons. The van der Waals surface area contributed by atoms with Gasteiger partial charge in [0.15, 0.2) is 0 Å².